The Morgan fingerprint density at radius 2 is 1.62 bits per heavy atom. The van der Waals surface area contributed by atoms with Crippen LogP contribution in [0.25, 0.3) is 22.0 Å². The summed E-state index contributed by atoms with van der Waals surface area (Å²) >= 11 is 12.5. The van der Waals surface area contributed by atoms with Gasteiger partial charge in [0.15, 0.2) is 0 Å². The first-order valence-corrected chi connectivity index (χ1v) is 12.4. The van der Waals surface area contributed by atoms with Gasteiger partial charge in [0.05, 0.1) is 23.2 Å². The number of nitrogens with zero attached hydrogens (tertiary/aromatic N) is 1. The second-order valence-corrected chi connectivity index (χ2v) is 9.77. The van der Waals surface area contributed by atoms with E-state index in [1.807, 2.05) is 0 Å². The topological polar surface area (TPSA) is 60.3 Å². The number of benzene rings is 3. The van der Waals surface area contributed by atoms with Crippen LogP contribution in [-0.4, -0.2) is 17.1 Å². The SMILES string of the molecule is O=C(NCc1cc(C(F)(F)F)cc(C(F)(F)F)c1)c1c(-c2ccc(Cl)cc2Cl)c2cccc3c2n(c1=O)CCO3. The third kappa shape index (κ3) is 5.11. The second kappa shape index (κ2) is 10.0. The third-order valence-electron chi connectivity index (χ3n) is 6.35. The summed E-state index contributed by atoms with van der Waals surface area (Å²) in [6.45, 7) is -0.483. The number of amides is 1. The molecule has 40 heavy (non-hydrogen) atoms. The van der Waals surface area contributed by atoms with Gasteiger partial charge in [-0.15, -0.1) is 0 Å². The van der Waals surface area contributed by atoms with Crippen LogP contribution >= 0.6 is 23.2 Å². The van der Waals surface area contributed by atoms with Crippen LogP contribution in [0.1, 0.15) is 27.0 Å². The van der Waals surface area contributed by atoms with Crippen molar-refractivity contribution in [2.24, 2.45) is 0 Å². The summed E-state index contributed by atoms with van der Waals surface area (Å²) in [7, 11) is 0. The van der Waals surface area contributed by atoms with Gasteiger partial charge in [-0.25, -0.2) is 0 Å². The Bertz CT molecular complexity index is 1700. The van der Waals surface area contributed by atoms with E-state index in [2.05, 4.69) is 5.32 Å². The molecule has 0 atom stereocenters. The van der Waals surface area contributed by atoms with Crippen molar-refractivity contribution in [3.05, 3.63) is 97.3 Å². The zero-order valence-electron chi connectivity index (χ0n) is 20.0. The Morgan fingerprint density at radius 3 is 2.25 bits per heavy atom. The minimum atomic E-state index is -5.06. The number of alkyl halides is 6. The largest absolute Gasteiger partial charge is 0.490 e. The lowest BCUT2D eigenvalue weighted by molar-refractivity contribution is -0.143. The highest BCUT2D eigenvalue weighted by Crippen LogP contribution is 2.40. The molecule has 1 aliphatic heterocycles. The van der Waals surface area contributed by atoms with Crippen LogP contribution < -0.4 is 15.6 Å². The summed E-state index contributed by atoms with van der Waals surface area (Å²) in [4.78, 5) is 27.2. The van der Waals surface area contributed by atoms with Gasteiger partial charge in [0.2, 0.25) is 0 Å². The predicted molar refractivity (Wildman–Crippen MR) is 137 cm³/mol. The van der Waals surface area contributed by atoms with Gasteiger partial charge >= 0.3 is 12.4 Å². The van der Waals surface area contributed by atoms with E-state index in [9.17, 15) is 35.9 Å². The minimum Gasteiger partial charge on any atom is -0.490 e. The highest BCUT2D eigenvalue weighted by atomic mass is 35.5. The number of ether oxygens (including phenoxy) is 1. The van der Waals surface area contributed by atoms with Crippen molar-refractivity contribution < 1.29 is 35.9 Å². The highest BCUT2D eigenvalue weighted by Gasteiger charge is 2.37. The van der Waals surface area contributed by atoms with Crippen molar-refractivity contribution in [1.82, 2.24) is 9.88 Å². The maximum atomic E-state index is 13.7. The van der Waals surface area contributed by atoms with E-state index in [0.29, 0.717) is 28.8 Å². The van der Waals surface area contributed by atoms with E-state index in [1.165, 1.54) is 22.8 Å². The van der Waals surface area contributed by atoms with Gasteiger partial charge in [-0.1, -0.05) is 41.4 Å². The Labute approximate surface area is 231 Å². The van der Waals surface area contributed by atoms with Crippen LogP contribution in [0.15, 0.2) is 59.4 Å². The van der Waals surface area contributed by atoms with E-state index in [0.717, 1.165) is 0 Å². The molecule has 1 aromatic heterocycles. The van der Waals surface area contributed by atoms with Crippen molar-refractivity contribution in [2.75, 3.05) is 6.61 Å². The molecule has 0 aliphatic carbocycles. The van der Waals surface area contributed by atoms with Crippen molar-refractivity contribution in [3.8, 4) is 16.9 Å². The molecule has 0 saturated heterocycles. The average molecular weight is 601 g/mol. The molecule has 5 rings (SSSR count). The molecule has 4 aromatic rings. The summed E-state index contributed by atoms with van der Waals surface area (Å²) in [5.74, 6) is -0.623. The lowest BCUT2D eigenvalue weighted by Crippen LogP contribution is -2.36. The number of aromatic nitrogens is 1. The molecule has 2 heterocycles. The first kappa shape index (κ1) is 27.9. The number of hydrogen-bond acceptors (Lipinski definition) is 3. The fourth-order valence-corrected chi connectivity index (χ4v) is 5.14. The molecule has 0 saturated carbocycles. The molecule has 0 bridgehead atoms. The van der Waals surface area contributed by atoms with Crippen molar-refractivity contribution in [2.45, 2.75) is 25.4 Å². The standard InChI is InChI=1S/C27H16Cl2F6N2O3/c28-16-4-5-17(19(29)11-16)21-18-2-1-3-20-23(18)37(6-7-40-20)25(39)22(21)24(38)36-12-13-8-14(26(30,31)32)10-15(9-13)27(33,34)35/h1-5,8-11H,6-7,12H2,(H,36,38). The van der Waals surface area contributed by atoms with Gasteiger partial charge in [0.1, 0.15) is 17.9 Å². The van der Waals surface area contributed by atoms with Crippen LogP contribution in [0.2, 0.25) is 10.0 Å². The van der Waals surface area contributed by atoms with Crippen molar-refractivity contribution >= 4 is 40.0 Å². The summed E-state index contributed by atoms with van der Waals surface area (Å²) in [5, 5.41) is 3.13. The molecule has 0 fully saturated rings. The number of halogens is 8. The van der Waals surface area contributed by atoms with Crippen molar-refractivity contribution in [3.63, 3.8) is 0 Å². The van der Waals surface area contributed by atoms with E-state index >= 15 is 0 Å². The molecule has 1 amide bonds. The zero-order valence-corrected chi connectivity index (χ0v) is 21.5. The zero-order chi connectivity index (χ0) is 29.0. The summed E-state index contributed by atoms with van der Waals surface area (Å²) in [6.07, 6.45) is -10.1. The summed E-state index contributed by atoms with van der Waals surface area (Å²) in [6, 6.07) is 10.3. The smallest absolute Gasteiger partial charge is 0.416 e. The molecule has 0 unspecified atom stereocenters. The van der Waals surface area contributed by atoms with E-state index in [-0.39, 0.29) is 40.4 Å². The van der Waals surface area contributed by atoms with Gasteiger partial charge in [-0.2, -0.15) is 26.3 Å². The second-order valence-electron chi connectivity index (χ2n) is 8.93. The molecule has 1 aliphatic rings. The number of hydrogen-bond donors (Lipinski definition) is 1. The molecule has 13 heteroatoms. The first-order valence-electron chi connectivity index (χ1n) is 11.6. The predicted octanol–water partition coefficient (Wildman–Crippen LogP) is 7.34. The maximum absolute atomic E-state index is 13.7. The van der Waals surface area contributed by atoms with E-state index in [4.69, 9.17) is 27.9 Å². The van der Waals surface area contributed by atoms with Crippen molar-refractivity contribution in [1.29, 1.82) is 0 Å². The molecule has 5 nitrogen and oxygen atoms in total. The lowest BCUT2D eigenvalue weighted by Gasteiger charge is -2.24. The monoisotopic (exact) mass is 600 g/mol. The molecule has 3 aromatic carbocycles. The Kier molecular flexibility index (Phi) is 6.99. The number of rotatable bonds is 4. The number of carbonyl (C=O) groups is 1. The molecule has 0 spiro atoms. The Balaban J connectivity index is 1.65. The summed E-state index contributed by atoms with van der Waals surface area (Å²) in [5.41, 5.74) is -3.85. The number of para-hydroxylation sites is 1. The number of carbonyl (C=O) groups excluding carboxylic acids is 1. The Hall–Kier alpha value is -3.70. The van der Waals surface area contributed by atoms with Crippen LogP contribution in [0.4, 0.5) is 26.3 Å². The maximum Gasteiger partial charge on any atom is 0.416 e. The van der Waals surface area contributed by atoms with Gasteiger partial charge in [0.25, 0.3) is 11.5 Å². The molecular formula is C27H16Cl2F6N2O3. The van der Waals surface area contributed by atoms with Crippen LogP contribution in [0, 0.1) is 0 Å². The quantitative estimate of drug-likeness (QED) is 0.249. The molecule has 0 radical (unpaired) electrons. The van der Waals surface area contributed by atoms with E-state index < -0.39 is 52.6 Å². The normalized spacial score (nSPS) is 13.3. The van der Waals surface area contributed by atoms with Crippen LogP contribution in [0.5, 0.6) is 5.75 Å². The summed E-state index contributed by atoms with van der Waals surface area (Å²) < 4.78 is 86.8. The van der Waals surface area contributed by atoms with Gasteiger partial charge in [-0.05, 0) is 42.0 Å². The number of nitrogens with one attached hydrogen (secondary N) is 1. The minimum absolute atomic E-state index is 0.00784. The molecular weight excluding hydrogens is 585 g/mol. The van der Waals surface area contributed by atoms with Gasteiger partial charge in [0, 0.05) is 33.1 Å². The van der Waals surface area contributed by atoms with E-state index in [1.54, 1.807) is 18.2 Å². The Morgan fingerprint density at radius 1 is 0.950 bits per heavy atom. The average Bonchev–Trinajstić information content (AvgIpc) is 2.88. The highest BCUT2D eigenvalue weighted by molar-refractivity contribution is 6.37. The third-order valence-corrected chi connectivity index (χ3v) is 6.90. The van der Waals surface area contributed by atoms with Crippen LogP contribution in [-0.2, 0) is 25.4 Å². The number of pyridine rings is 1. The molecule has 208 valence electrons. The van der Waals surface area contributed by atoms with Gasteiger partial charge in [-0.3, -0.25) is 9.59 Å². The van der Waals surface area contributed by atoms with Crippen LogP contribution in [0.3, 0.4) is 0 Å². The lowest BCUT2D eigenvalue weighted by atomic mass is 9.94. The first-order chi connectivity index (χ1) is 18.8. The fraction of sp³-hybridized carbons (Fsp3) is 0.185. The molecule has 1 N–H and O–H groups in total. The fourth-order valence-electron chi connectivity index (χ4n) is 4.63. The van der Waals surface area contributed by atoms with Gasteiger partial charge < -0.3 is 14.6 Å².